The van der Waals surface area contributed by atoms with Gasteiger partial charge in [0.25, 0.3) is 0 Å². The SMILES string of the molecule is Cc1cccc([NH+]c2ccccc2)c1. The largest absolute Gasteiger partial charge is 0.184 e. The van der Waals surface area contributed by atoms with Gasteiger partial charge in [0.1, 0.15) is 0 Å². The second-order valence-corrected chi connectivity index (χ2v) is 3.36. The van der Waals surface area contributed by atoms with E-state index in [9.17, 15) is 0 Å². The molecule has 1 radical (unpaired) electrons. The fraction of sp³-hybridized carbons (Fsp3) is 0.0769. The molecule has 2 aromatic rings. The standard InChI is InChI=1S/C13H13N/c1-11-6-5-9-13(10-11)14-12-7-3-2-4-8-12/h2-10,14H,1H3/q+1. The lowest BCUT2D eigenvalue weighted by atomic mass is 10.2. The van der Waals surface area contributed by atoms with Gasteiger partial charge in [0.15, 0.2) is 11.4 Å². The summed E-state index contributed by atoms with van der Waals surface area (Å²) in [7, 11) is 0. The molecule has 0 amide bonds. The molecule has 1 nitrogen and oxygen atoms in total. The summed E-state index contributed by atoms with van der Waals surface area (Å²) in [6.45, 7) is 2.09. The maximum Gasteiger partial charge on any atom is 0.184 e. The lowest BCUT2D eigenvalue weighted by molar-refractivity contribution is -0.478. The van der Waals surface area contributed by atoms with Crippen molar-refractivity contribution in [2.45, 2.75) is 6.92 Å². The van der Waals surface area contributed by atoms with Crippen LogP contribution in [0.25, 0.3) is 0 Å². The van der Waals surface area contributed by atoms with Crippen molar-refractivity contribution in [1.29, 1.82) is 0 Å². The predicted octanol–water partition coefficient (Wildman–Crippen LogP) is 2.31. The van der Waals surface area contributed by atoms with E-state index in [4.69, 9.17) is 0 Å². The number of anilines is 2. The average molecular weight is 183 g/mol. The van der Waals surface area contributed by atoms with Gasteiger partial charge in [0, 0.05) is 24.3 Å². The van der Waals surface area contributed by atoms with Crippen LogP contribution < -0.4 is 5.32 Å². The van der Waals surface area contributed by atoms with Crippen molar-refractivity contribution < 1.29 is 5.32 Å². The second kappa shape index (κ2) is 4.07. The molecule has 0 aliphatic rings. The van der Waals surface area contributed by atoms with Gasteiger partial charge in [-0.1, -0.05) is 30.3 Å². The van der Waals surface area contributed by atoms with Gasteiger partial charge in [0.2, 0.25) is 0 Å². The van der Waals surface area contributed by atoms with E-state index in [0.29, 0.717) is 0 Å². The lowest BCUT2D eigenvalue weighted by Crippen LogP contribution is -2.70. The Hall–Kier alpha value is -1.60. The minimum absolute atomic E-state index is 1.12. The molecule has 0 heterocycles. The van der Waals surface area contributed by atoms with E-state index in [0.717, 1.165) is 11.4 Å². The molecule has 69 valence electrons. The maximum atomic E-state index is 3.34. The number of benzene rings is 2. The van der Waals surface area contributed by atoms with Gasteiger partial charge in [-0.15, -0.1) is 5.32 Å². The second-order valence-electron chi connectivity index (χ2n) is 3.36. The van der Waals surface area contributed by atoms with Crippen LogP contribution in [0, 0.1) is 6.92 Å². The Morgan fingerprint density at radius 1 is 0.786 bits per heavy atom. The topological polar surface area (TPSA) is 15.6 Å². The molecule has 0 spiro atoms. The zero-order valence-corrected chi connectivity index (χ0v) is 8.20. The Bertz CT molecular complexity index is 407. The Labute approximate surface area is 84.4 Å². The molecule has 0 aromatic heterocycles. The van der Waals surface area contributed by atoms with Crippen LogP contribution in [-0.4, -0.2) is 0 Å². The molecule has 0 atom stereocenters. The number of para-hydroxylation sites is 1. The molecule has 2 rings (SSSR count). The third-order valence-electron chi connectivity index (χ3n) is 2.08. The van der Waals surface area contributed by atoms with Gasteiger partial charge in [0.05, 0.1) is 0 Å². The molecular weight excluding hydrogens is 170 g/mol. The van der Waals surface area contributed by atoms with Crippen LogP contribution in [0.5, 0.6) is 0 Å². The quantitative estimate of drug-likeness (QED) is 0.735. The van der Waals surface area contributed by atoms with Gasteiger partial charge in [-0.3, -0.25) is 0 Å². The molecule has 0 bridgehead atoms. The summed E-state index contributed by atoms with van der Waals surface area (Å²) < 4.78 is 0. The summed E-state index contributed by atoms with van der Waals surface area (Å²) in [4.78, 5) is 0. The number of rotatable bonds is 2. The average Bonchev–Trinajstić information content (AvgIpc) is 2.19. The van der Waals surface area contributed by atoms with Crippen molar-refractivity contribution in [3.63, 3.8) is 0 Å². The van der Waals surface area contributed by atoms with Crippen molar-refractivity contribution in [3.8, 4) is 0 Å². The van der Waals surface area contributed by atoms with Crippen molar-refractivity contribution >= 4 is 11.4 Å². The summed E-state index contributed by atoms with van der Waals surface area (Å²) >= 11 is 0. The Morgan fingerprint density at radius 3 is 2.21 bits per heavy atom. The van der Waals surface area contributed by atoms with Crippen LogP contribution >= 0.6 is 0 Å². The highest BCUT2D eigenvalue weighted by Crippen LogP contribution is 2.06. The smallest absolute Gasteiger partial charge is 0.110 e. The first kappa shape index (κ1) is 8.97. The zero-order chi connectivity index (χ0) is 9.80. The summed E-state index contributed by atoms with van der Waals surface area (Å²) in [5.41, 5.74) is 3.53. The lowest BCUT2D eigenvalue weighted by Gasteiger charge is -1.95. The van der Waals surface area contributed by atoms with E-state index >= 15 is 0 Å². The minimum Gasteiger partial charge on any atom is -0.110 e. The van der Waals surface area contributed by atoms with Crippen LogP contribution in [-0.2, 0) is 0 Å². The van der Waals surface area contributed by atoms with E-state index in [1.807, 2.05) is 18.2 Å². The first-order chi connectivity index (χ1) is 6.84. The van der Waals surface area contributed by atoms with E-state index in [1.165, 1.54) is 5.56 Å². The van der Waals surface area contributed by atoms with Crippen LogP contribution in [0.1, 0.15) is 5.56 Å². The third kappa shape index (κ3) is 2.21. The zero-order valence-electron chi connectivity index (χ0n) is 8.20. The Balaban J connectivity index is 2.19. The van der Waals surface area contributed by atoms with Crippen LogP contribution in [0.3, 0.4) is 0 Å². The van der Waals surface area contributed by atoms with Gasteiger partial charge in [-0.05, 0) is 12.5 Å². The van der Waals surface area contributed by atoms with Crippen molar-refractivity contribution in [2.75, 3.05) is 0 Å². The minimum atomic E-state index is 1.12. The molecule has 1 N–H and O–H groups in total. The van der Waals surface area contributed by atoms with Gasteiger partial charge >= 0.3 is 0 Å². The summed E-state index contributed by atoms with van der Waals surface area (Å²) in [5, 5.41) is 3.34. The van der Waals surface area contributed by atoms with Gasteiger partial charge in [-0.2, -0.15) is 0 Å². The van der Waals surface area contributed by atoms with E-state index < -0.39 is 0 Å². The fourth-order valence-corrected chi connectivity index (χ4v) is 1.41. The summed E-state index contributed by atoms with van der Waals surface area (Å²) in [6.07, 6.45) is 0. The highest BCUT2D eigenvalue weighted by molar-refractivity contribution is 5.37. The van der Waals surface area contributed by atoms with Crippen molar-refractivity contribution in [1.82, 2.24) is 0 Å². The third-order valence-corrected chi connectivity index (χ3v) is 2.08. The molecule has 0 aliphatic carbocycles. The molecule has 1 heteroatoms. The highest BCUT2D eigenvalue weighted by Gasteiger charge is 2.03. The normalized spacial score (nSPS) is 10.1. The van der Waals surface area contributed by atoms with Crippen LogP contribution in [0.2, 0.25) is 0 Å². The van der Waals surface area contributed by atoms with E-state index in [-0.39, 0.29) is 0 Å². The molecule has 0 saturated carbocycles. The van der Waals surface area contributed by atoms with Gasteiger partial charge in [-0.25, -0.2) is 0 Å². The Morgan fingerprint density at radius 2 is 1.50 bits per heavy atom. The molecule has 0 saturated heterocycles. The predicted molar refractivity (Wildman–Crippen MR) is 57.9 cm³/mol. The number of hydrogen-bond donors (Lipinski definition) is 1. The maximum absolute atomic E-state index is 3.34. The summed E-state index contributed by atoms with van der Waals surface area (Å²) in [6, 6.07) is 18.5. The summed E-state index contributed by atoms with van der Waals surface area (Å²) in [5.74, 6) is 0. The molecule has 14 heavy (non-hydrogen) atoms. The molecule has 0 unspecified atom stereocenters. The van der Waals surface area contributed by atoms with Crippen molar-refractivity contribution in [3.05, 3.63) is 60.2 Å². The van der Waals surface area contributed by atoms with E-state index in [1.54, 1.807) is 0 Å². The highest BCUT2D eigenvalue weighted by atomic mass is 14.9. The van der Waals surface area contributed by atoms with Crippen LogP contribution in [0.4, 0.5) is 11.4 Å². The fourth-order valence-electron chi connectivity index (χ4n) is 1.41. The van der Waals surface area contributed by atoms with Crippen molar-refractivity contribution in [2.24, 2.45) is 0 Å². The number of nitrogens with one attached hydrogen (secondary N) is 1. The molecule has 0 fully saturated rings. The number of aryl methyl sites for hydroxylation is 1. The molecular formula is C13H13N+. The first-order valence-corrected chi connectivity index (χ1v) is 4.73. The molecule has 0 aliphatic heterocycles. The molecule has 2 aromatic carbocycles. The van der Waals surface area contributed by atoms with E-state index in [2.05, 4.69) is 48.6 Å². The first-order valence-electron chi connectivity index (χ1n) is 4.73. The monoisotopic (exact) mass is 183 g/mol. The number of hydrogen-bond acceptors (Lipinski definition) is 1. The Kier molecular flexibility index (Phi) is 2.61. The van der Waals surface area contributed by atoms with Gasteiger partial charge < -0.3 is 0 Å². The van der Waals surface area contributed by atoms with Crippen LogP contribution in [0.15, 0.2) is 54.6 Å².